The van der Waals surface area contributed by atoms with Crippen LogP contribution < -0.4 is 21.4 Å². The van der Waals surface area contributed by atoms with Gasteiger partial charge in [-0.3, -0.25) is 14.8 Å². The lowest BCUT2D eigenvalue weighted by molar-refractivity contribution is 0.371. The van der Waals surface area contributed by atoms with Gasteiger partial charge in [0.2, 0.25) is 0 Å². The summed E-state index contributed by atoms with van der Waals surface area (Å²) in [6.07, 6.45) is 1.46. The topological polar surface area (TPSA) is 158 Å². The number of nitrogens with one attached hydrogen (secondary N) is 3. The van der Waals surface area contributed by atoms with Crippen LogP contribution in [0.25, 0.3) is 11.2 Å². The van der Waals surface area contributed by atoms with Crippen LogP contribution in [-0.4, -0.2) is 43.6 Å². The fourth-order valence-electron chi connectivity index (χ4n) is 1.90. The minimum absolute atomic E-state index is 0.00885. The minimum atomic E-state index is -0.696. The van der Waals surface area contributed by atoms with Crippen molar-refractivity contribution < 1.29 is 9.84 Å². The van der Waals surface area contributed by atoms with E-state index in [1.807, 2.05) is 27.6 Å². The maximum absolute atomic E-state index is 11.5. The molecule has 0 radical (unpaired) electrons. The maximum Gasteiger partial charge on any atom is 0.327 e. The first-order valence-corrected chi connectivity index (χ1v) is 7.78. The summed E-state index contributed by atoms with van der Waals surface area (Å²) in [5, 5.41) is 21.1. The van der Waals surface area contributed by atoms with E-state index in [0.29, 0.717) is 14.9 Å². The zero-order valence-corrected chi connectivity index (χ0v) is 14.7. The van der Waals surface area contributed by atoms with Gasteiger partial charge in [-0.1, -0.05) is 0 Å². The van der Waals surface area contributed by atoms with E-state index in [1.54, 1.807) is 12.1 Å². The van der Waals surface area contributed by atoms with Crippen molar-refractivity contribution in [2.75, 3.05) is 12.5 Å². The number of fused-ring (bicyclic) bond motifs is 1. The third kappa shape index (κ3) is 3.57. The number of hydrogen-bond donors (Lipinski definition) is 4. The summed E-state index contributed by atoms with van der Waals surface area (Å²) in [4.78, 5) is 31.1. The summed E-state index contributed by atoms with van der Waals surface area (Å²) in [5.74, 6) is 0.351. The Hall–Kier alpha value is -3.03. The fraction of sp³-hybridized carbons (Fsp3) is 0.0769. The van der Waals surface area contributed by atoms with E-state index >= 15 is 0 Å². The number of ether oxygens (including phenoxy) is 1. The van der Waals surface area contributed by atoms with Gasteiger partial charge < -0.3 is 9.84 Å². The van der Waals surface area contributed by atoms with Crippen LogP contribution in [0.1, 0.15) is 5.56 Å². The highest BCUT2D eigenvalue weighted by Gasteiger charge is 2.08. The van der Waals surface area contributed by atoms with Gasteiger partial charge >= 0.3 is 5.69 Å². The summed E-state index contributed by atoms with van der Waals surface area (Å²) < 4.78 is 5.66. The Kier molecular flexibility index (Phi) is 4.60. The fourth-order valence-corrected chi connectivity index (χ4v) is 2.53. The minimum Gasteiger partial charge on any atom is -0.504 e. The van der Waals surface area contributed by atoms with Crippen molar-refractivity contribution in [1.29, 1.82) is 0 Å². The molecule has 0 aliphatic rings. The molecule has 0 saturated carbocycles. The third-order valence-electron chi connectivity index (χ3n) is 3.01. The summed E-state index contributed by atoms with van der Waals surface area (Å²) in [5.41, 5.74) is 1.72. The lowest BCUT2D eigenvalue weighted by Gasteiger charge is -2.06. The predicted octanol–water partition coefficient (Wildman–Crippen LogP) is 0.166. The monoisotopic (exact) mass is 455 g/mol. The Morgan fingerprint density at radius 2 is 2.12 bits per heavy atom. The Balaban J connectivity index is 1.85. The first-order valence-electron chi connectivity index (χ1n) is 6.70. The summed E-state index contributed by atoms with van der Waals surface area (Å²) in [6, 6.07) is 3.29. The molecule has 4 N–H and O–H groups in total. The molecule has 0 aliphatic heterocycles. The number of nitrogens with zero attached hydrogens (tertiary/aromatic N) is 4. The predicted molar refractivity (Wildman–Crippen MR) is 97.2 cm³/mol. The molecule has 128 valence electrons. The van der Waals surface area contributed by atoms with E-state index in [2.05, 4.69) is 30.7 Å². The number of phenolic OH excluding ortho intramolecular Hbond substituents is 1. The molecule has 0 amide bonds. The van der Waals surface area contributed by atoms with Crippen molar-refractivity contribution in [3.63, 3.8) is 0 Å². The molecule has 0 bridgehead atoms. The molecule has 0 spiro atoms. The maximum atomic E-state index is 11.5. The number of halogens is 1. The number of anilines is 1. The number of methoxy groups -OCH3 is 1. The first kappa shape index (κ1) is 16.8. The van der Waals surface area contributed by atoms with E-state index in [4.69, 9.17) is 4.74 Å². The Labute approximate surface area is 152 Å². The lowest BCUT2D eigenvalue weighted by atomic mass is 10.2. The number of H-pyrrole nitrogens is 2. The van der Waals surface area contributed by atoms with Crippen LogP contribution in [0.4, 0.5) is 5.95 Å². The highest BCUT2D eigenvalue weighted by atomic mass is 127. The Morgan fingerprint density at radius 3 is 2.88 bits per heavy atom. The number of phenols is 1. The summed E-state index contributed by atoms with van der Waals surface area (Å²) in [7, 11) is 1.45. The van der Waals surface area contributed by atoms with Gasteiger partial charge in [0.1, 0.15) is 0 Å². The highest BCUT2D eigenvalue weighted by Crippen LogP contribution is 2.31. The molecule has 0 unspecified atom stereocenters. The lowest BCUT2D eigenvalue weighted by Crippen LogP contribution is -2.23. The second-order valence-electron chi connectivity index (χ2n) is 4.66. The number of aromatic amines is 2. The van der Waals surface area contributed by atoms with Crippen molar-refractivity contribution in [1.82, 2.24) is 25.1 Å². The van der Waals surface area contributed by atoms with Gasteiger partial charge in [0.15, 0.2) is 22.7 Å². The number of benzene rings is 1. The molecule has 0 saturated heterocycles. The SMILES string of the molecule is COc1cc(/C=N/Nc2nnc3c(=O)[nH]c(=O)[nH]c3n2)cc(I)c1O. The van der Waals surface area contributed by atoms with E-state index in [9.17, 15) is 14.7 Å². The van der Waals surface area contributed by atoms with E-state index in [1.165, 1.54) is 13.3 Å². The van der Waals surface area contributed by atoms with Crippen LogP contribution in [0.3, 0.4) is 0 Å². The second kappa shape index (κ2) is 6.84. The molecule has 3 rings (SSSR count). The third-order valence-corrected chi connectivity index (χ3v) is 3.83. The van der Waals surface area contributed by atoms with Crippen LogP contribution in [0, 0.1) is 3.57 Å². The molecular weight excluding hydrogens is 445 g/mol. The van der Waals surface area contributed by atoms with Gasteiger partial charge in [0, 0.05) is 0 Å². The molecule has 1 aromatic carbocycles. The molecule has 25 heavy (non-hydrogen) atoms. The van der Waals surface area contributed by atoms with E-state index in [-0.39, 0.29) is 22.9 Å². The largest absolute Gasteiger partial charge is 0.504 e. The van der Waals surface area contributed by atoms with Gasteiger partial charge in [-0.15, -0.1) is 10.2 Å². The molecular formula is C13H10IN7O4. The summed E-state index contributed by atoms with van der Waals surface area (Å²) >= 11 is 1.96. The normalized spacial score (nSPS) is 11.1. The van der Waals surface area contributed by atoms with Crippen molar-refractivity contribution in [3.8, 4) is 11.5 Å². The molecule has 0 fully saturated rings. The molecule has 12 heteroatoms. The number of aromatic nitrogens is 5. The highest BCUT2D eigenvalue weighted by molar-refractivity contribution is 14.1. The van der Waals surface area contributed by atoms with Gasteiger partial charge in [0.05, 0.1) is 16.9 Å². The van der Waals surface area contributed by atoms with Crippen LogP contribution in [-0.2, 0) is 0 Å². The number of aromatic hydroxyl groups is 1. The van der Waals surface area contributed by atoms with E-state index in [0.717, 1.165) is 0 Å². The van der Waals surface area contributed by atoms with Crippen molar-refractivity contribution in [3.05, 3.63) is 42.1 Å². The van der Waals surface area contributed by atoms with Crippen LogP contribution in [0.5, 0.6) is 11.5 Å². The summed E-state index contributed by atoms with van der Waals surface area (Å²) in [6.45, 7) is 0. The van der Waals surface area contributed by atoms with Crippen molar-refractivity contribution in [2.45, 2.75) is 0 Å². The molecule has 0 atom stereocenters. The quantitative estimate of drug-likeness (QED) is 0.246. The van der Waals surface area contributed by atoms with Crippen LogP contribution in [0.2, 0.25) is 0 Å². The van der Waals surface area contributed by atoms with Crippen LogP contribution in [0.15, 0.2) is 26.8 Å². The molecule has 2 aromatic heterocycles. The van der Waals surface area contributed by atoms with Crippen molar-refractivity contribution >= 4 is 45.9 Å². The van der Waals surface area contributed by atoms with E-state index < -0.39 is 11.2 Å². The average molecular weight is 455 g/mol. The number of hydrazone groups is 1. The molecule has 0 aliphatic carbocycles. The molecule has 3 aromatic rings. The van der Waals surface area contributed by atoms with Gasteiger partial charge in [0.25, 0.3) is 11.5 Å². The molecule has 11 nitrogen and oxygen atoms in total. The smallest absolute Gasteiger partial charge is 0.327 e. The Bertz CT molecular complexity index is 1090. The second-order valence-corrected chi connectivity index (χ2v) is 5.83. The van der Waals surface area contributed by atoms with Gasteiger partial charge in [-0.05, 0) is 40.3 Å². The standard InChI is InChI=1S/C13H10IN7O4/c1-25-7-3-5(2-6(14)9(7)22)4-15-20-12-16-10-8(19-21-12)11(23)18-13(24)17-10/h2-4,22H,1H3,(H3,16,17,18,20,21,23,24)/b15-4+. The Morgan fingerprint density at radius 1 is 1.32 bits per heavy atom. The van der Waals surface area contributed by atoms with Crippen LogP contribution >= 0.6 is 22.6 Å². The molecule has 2 heterocycles. The van der Waals surface area contributed by atoms with Gasteiger partial charge in [-0.2, -0.15) is 10.1 Å². The zero-order valence-electron chi connectivity index (χ0n) is 12.6. The van der Waals surface area contributed by atoms with Crippen molar-refractivity contribution in [2.24, 2.45) is 5.10 Å². The number of rotatable bonds is 4. The number of hydrogen-bond acceptors (Lipinski definition) is 9. The van der Waals surface area contributed by atoms with Gasteiger partial charge in [-0.25, -0.2) is 10.2 Å². The first-order chi connectivity index (χ1) is 12.0. The average Bonchev–Trinajstić information content (AvgIpc) is 2.57. The zero-order chi connectivity index (χ0) is 18.0.